The fourth-order valence-electron chi connectivity index (χ4n) is 5.47. The van der Waals surface area contributed by atoms with Crippen molar-refractivity contribution in [3.63, 3.8) is 0 Å². The second-order valence-electron chi connectivity index (χ2n) is 9.67. The number of nitrogens with zero attached hydrogens (tertiary/aromatic N) is 4. The second-order valence-corrected chi connectivity index (χ2v) is 12.6. The molecule has 5 rings (SSSR count). The van der Waals surface area contributed by atoms with E-state index < -0.39 is 15.9 Å². The molecular formula is C25H33N5O4S2. The molecule has 3 aromatic rings. The highest BCUT2D eigenvalue weighted by Gasteiger charge is 2.30. The minimum absolute atomic E-state index is 0.0659. The van der Waals surface area contributed by atoms with Crippen LogP contribution in [0.5, 0.6) is 0 Å². The molecule has 1 amide bonds. The van der Waals surface area contributed by atoms with Gasteiger partial charge in [0.15, 0.2) is 0 Å². The zero-order valence-corrected chi connectivity index (χ0v) is 22.2. The van der Waals surface area contributed by atoms with E-state index in [2.05, 4.69) is 9.58 Å². The van der Waals surface area contributed by atoms with Gasteiger partial charge in [-0.1, -0.05) is 31.4 Å². The predicted molar refractivity (Wildman–Crippen MR) is 141 cm³/mol. The van der Waals surface area contributed by atoms with E-state index in [1.54, 1.807) is 24.3 Å². The first kappa shape index (κ1) is 25.3. The number of hydrogen-bond acceptors (Lipinski definition) is 7. The second kappa shape index (κ2) is 10.2. The highest BCUT2D eigenvalue weighted by molar-refractivity contribution is 7.89. The van der Waals surface area contributed by atoms with Crippen LogP contribution in [0.2, 0.25) is 0 Å². The molecule has 3 N–H and O–H groups in total. The molecule has 194 valence electrons. The van der Waals surface area contributed by atoms with Crippen molar-refractivity contribution in [3.05, 3.63) is 34.8 Å². The van der Waals surface area contributed by atoms with Crippen molar-refractivity contribution in [2.45, 2.75) is 50.0 Å². The standard InChI is InChI=1S/C25H33N5O4S2/c1-17-21-22(23(24(26)32)35-25(21)30(27-17)19-5-3-2-4-6-19)18-7-9-20(10-8-18)36(33,34)29-13-11-28(12-14-29)15-16-31/h7-10,19,31H,2-6,11-16H2,1H3,(H2,26,32). The van der Waals surface area contributed by atoms with Crippen LogP contribution in [0, 0.1) is 6.92 Å². The fraction of sp³-hybridized carbons (Fsp3) is 0.520. The number of sulfonamides is 1. The molecule has 1 saturated heterocycles. The van der Waals surface area contributed by atoms with Gasteiger partial charge in [0, 0.05) is 43.7 Å². The number of aryl methyl sites for hydroxylation is 1. The quantitative estimate of drug-likeness (QED) is 0.483. The van der Waals surface area contributed by atoms with Crippen molar-refractivity contribution in [2.75, 3.05) is 39.3 Å². The van der Waals surface area contributed by atoms with E-state index in [0.717, 1.165) is 39.9 Å². The largest absolute Gasteiger partial charge is 0.395 e. The van der Waals surface area contributed by atoms with Crippen LogP contribution in [0.4, 0.5) is 0 Å². The van der Waals surface area contributed by atoms with E-state index in [1.165, 1.54) is 34.9 Å². The third-order valence-electron chi connectivity index (χ3n) is 7.39. The molecule has 2 aliphatic rings. The smallest absolute Gasteiger partial charge is 0.259 e. The minimum Gasteiger partial charge on any atom is -0.395 e. The Morgan fingerprint density at radius 1 is 1.11 bits per heavy atom. The maximum atomic E-state index is 13.2. The number of piperazine rings is 1. The van der Waals surface area contributed by atoms with E-state index >= 15 is 0 Å². The average molecular weight is 532 g/mol. The van der Waals surface area contributed by atoms with E-state index in [0.29, 0.717) is 43.6 Å². The Morgan fingerprint density at radius 2 is 1.78 bits per heavy atom. The monoisotopic (exact) mass is 531 g/mol. The van der Waals surface area contributed by atoms with Gasteiger partial charge >= 0.3 is 0 Å². The Morgan fingerprint density at radius 3 is 2.39 bits per heavy atom. The molecule has 0 radical (unpaired) electrons. The van der Waals surface area contributed by atoms with Crippen molar-refractivity contribution >= 4 is 37.5 Å². The summed E-state index contributed by atoms with van der Waals surface area (Å²) in [5, 5.41) is 14.9. The topological polar surface area (TPSA) is 122 Å². The molecule has 2 fully saturated rings. The molecule has 3 heterocycles. The number of carbonyl (C=O) groups is 1. The summed E-state index contributed by atoms with van der Waals surface area (Å²) >= 11 is 1.38. The van der Waals surface area contributed by atoms with Crippen LogP contribution in [0.1, 0.15) is 53.5 Å². The normalized spacial score (nSPS) is 18.7. The Labute approximate surface area is 215 Å². The number of fused-ring (bicyclic) bond motifs is 1. The summed E-state index contributed by atoms with van der Waals surface area (Å²) in [6, 6.07) is 7.08. The third-order valence-corrected chi connectivity index (χ3v) is 10.5. The Hall–Kier alpha value is -2.31. The molecule has 0 unspecified atom stereocenters. The van der Waals surface area contributed by atoms with Crippen LogP contribution in [0.3, 0.4) is 0 Å². The lowest BCUT2D eigenvalue weighted by Gasteiger charge is -2.33. The van der Waals surface area contributed by atoms with Gasteiger partial charge in [0.2, 0.25) is 10.0 Å². The van der Waals surface area contributed by atoms with Crippen molar-refractivity contribution in [1.29, 1.82) is 0 Å². The lowest BCUT2D eigenvalue weighted by Crippen LogP contribution is -2.49. The average Bonchev–Trinajstić information content (AvgIpc) is 3.43. The van der Waals surface area contributed by atoms with E-state index in [4.69, 9.17) is 15.9 Å². The number of thiophene rings is 1. The molecular weight excluding hydrogens is 498 g/mol. The van der Waals surface area contributed by atoms with E-state index in [9.17, 15) is 13.2 Å². The Balaban J connectivity index is 1.48. The summed E-state index contributed by atoms with van der Waals surface area (Å²) in [6.45, 7) is 4.54. The van der Waals surface area contributed by atoms with Crippen molar-refractivity contribution < 1.29 is 18.3 Å². The highest BCUT2D eigenvalue weighted by Crippen LogP contribution is 2.43. The number of nitrogens with two attached hydrogens (primary N) is 1. The summed E-state index contributed by atoms with van der Waals surface area (Å²) in [5.74, 6) is -0.488. The molecule has 9 nitrogen and oxygen atoms in total. The van der Waals surface area contributed by atoms with Crippen molar-refractivity contribution in [1.82, 2.24) is 19.0 Å². The lowest BCUT2D eigenvalue weighted by atomic mass is 9.96. The van der Waals surface area contributed by atoms with Crippen molar-refractivity contribution in [3.8, 4) is 11.1 Å². The van der Waals surface area contributed by atoms with E-state index in [1.807, 2.05) is 6.92 Å². The molecule has 0 bridgehead atoms. The van der Waals surface area contributed by atoms with Gasteiger partial charge in [-0.15, -0.1) is 11.3 Å². The number of rotatable bonds is 7. The molecule has 11 heteroatoms. The van der Waals surface area contributed by atoms with Gasteiger partial charge < -0.3 is 10.8 Å². The lowest BCUT2D eigenvalue weighted by molar-refractivity contribution is 0.100. The van der Waals surface area contributed by atoms with Crippen LogP contribution < -0.4 is 5.73 Å². The van der Waals surface area contributed by atoms with Gasteiger partial charge in [-0.3, -0.25) is 14.4 Å². The third kappa shape index (κ3) is 4.58. The molecule has 2 aromatic heterocycles. The van der Waals surface area contributed by atoms with Crippen molar-refractivity contribution in [2.24, 2.45) is 5.73 Å². The zero-order chi connectivity index (χ0) is 25.4. The summed E-state index contributed by atoms with van der Waals surface area (Å²) in [5.41, 5.74) is 8.15. The number of aliphatic hydroxyl groups excluding tert-OH is 1. The summed E-state index contributed by atoms with van der Waals surface area (Å²) < 4.78 is 30.1. The van der Waals surface area contributed by atoms with Crippen LogP contribution in [0.25, 0.3) is 21.3 Å². The van der Waals surface area contributed by atoms with Gasteiger partial charge in [-0.25, -0.2) is 8.42 Å². The number of aromatic nitrogens is 2. The van der Waals surface area contributed by atoms with Crippen LogP contribution >= 0.6 is 11.3 Å². The molecule has 1 aliphatic carbocycles. The first-order valence-corrected chi connectivity index (χ1v) is 14.8. The Kier molecular flexibility index (Phi) is 7.19. The number of carbonyl (C=O) groups excluding carboxylic acids is 1. The number of β-amino-alcohol motifs (C(OH)–C–C–N with tert-alkyl or cyclic N) is 1. The number of primary amides is 1. The van der Waals surface area contributed by atoms with Gasteiger partial charge in [-0.05, 0) is 37.5 Å². The molecule has 1 aliphatic heterocycles. The fourth-order valence-corrected chi connectivity index (χ4v) is 8.15. The molecule has 1 saturated carbocycles. The van der Waals surface area contributed by atoms with Gasteiger partial charge in [-0.2, -0.15) is 9.40 Å². The summed E-state index contributed by atoms with van der Waals surface area (Å²) in [7, 11) is -3.63. The highest BCUT2D eigenvalue weighted by atomic mass is 32.2. The number of aliphatic hydroxyl groups is 1. The first-order chi connectivity index (χ1) is 17.3. The summed E-state index contributed by atoms with van der Waals surface area (Å²) in [4.78, 5) is 16.2. The summed E-state index contributed by atoms with van der Waals surface area (Å²) in [6.07, 6.45) is 5.76. The zero-order valence-electron chi connectivity index (χ0n) is 20.5. The SMILES string of the molecule is Cc1nn(C2CCCCC2)c2sc(C(N)=O)c(-c3ccc(S(=O)(=O)N4CCN(CCO)CC4)cc3)c12. The van der Waals surface area contributed by atoms with E-state index in [-0.39, 0.29) is 11.5 Å². The molecule has 0 spiro atoms. The molecule has 1 aromatic carbocycles. The van der Waals surface area contributed by atoms with Crippen LogP contribution in [-0.2, 0) is 10.0 Å². The molecule has 36 heavy (non-hydrogen) atoms. The van der Waals surface area contributed by atoms with Crippen LogP contribution in [-0.4, -0.2) is 77.7 Å². The Bertz CT molecular complexity index is 1350. The van der Waals surface area contributed by atoms with Gasteiger partial charge in [0.05, 0.1) is 23.2 Å². The minimum atomic E-state index is -3.63. The van der Waals surface area contributed by atoms with Crippen LogP contribution in [0.15, 0.2) is 29.2 Å². The van der Waals surface area contributed by atoms with Gasteiger partial charge in [0.1, 0.15) is 9.71 Å². The first-order valence-electron chi connectivity index (χ1n) is 12.6. The number of benzene rings is 1. The van der Waals surface area contributed by atoms with Gasteiger partial charge in [0.25, 0.3) is 5.91 Å². The number of hydrogen-bond donors (Lipinski definition) is 2. The maximum Gasteiger partial charge on any atom is 0.259 e. The molecule has 0 atom stereocenters. The predicted octanol–water partition coefficient (Wildman–Crippen LogP) is 2.98. The number of amides is 1. The maximum absolute atomic E-state index is 13.2.